The molecule has 0 aromatic heterocycles. The van der Waals surface area contributed by atoms with Crippen molar-refractivity contribution in [1.82, 2.24) is 0 Å². The zero-order chi connectivity index (χ0) is 14.2. The summed E-state index contributed by atoms with van der Waals surface area (Å²) in [5.41, 5.74) is 2.08. The van der Waals surface area contributed by atoms with E-state index in [-0.39, 0.29) is 12.9 Å². The molecule has 2 aromatic carbocycles. The molecule has 2 heterocycles. The summed E-state index contributed by atoms with van der Waals surface area (Å²) in [6.45, 7) is 0.268. The molecule has 0 saturated heterocycles. The van der Waals surface area contributed by atoms with Crippen LogP contribution in [0.25, 0.3) is 6.08 Å². The van der Waals surface area contributed by atoms with Crippen LogP contribution < -0.4 is 18.9 Å². The number of fused-ring (bicyclic) bond motifs is 2. The van der Waals surface area contributed by atoms with Crippen molar-refractivity contribution in [3.05, 3.63) is 53.6 Å². The molecule has 4 nitrogen and oxygen atoms in total. The molecule has 0 aliphatic carbocycles. The van der Waals surface area contributed by atoms with Gasteiger partial charge in [0, 0.05) is 11.6 Å². The Morgan fingerprint density at radius 3 is 2.52 bits per heavy atom. The van der Waals surface area contributed by atoms with Gasteiger partial charge < -0.3 is 18.9 Å². The van der Waals surface area contributed by atoms with Gasteiger partial charge in [0.1, 0.15) is 17.6 Å². The van der Waals surface area contributed by atoms with E-state index in [0.717, 1.165) is 34.1 Å². The molecule has 4 rings (SSSR count). The first-order valence-electron chi connectivity index (χ1n) is 6.76. The van der Waals surface area contributed by atoms with Crippen molar-refractivity contribution in [2.24, 2.45) is 0 Å². The Morgan fingerprint density at radius 1 is 1.00 bits per heavy atom. The van der Waals surface area contributed by atoms with Crippen LogP contribution in [-0.2, 0) is 0 Å². The molecule has 2 aliphatic rings. The Balaban J connectivity index is 1.64. The smallest absolute Gasteiger partial charge is 0.231 e. The highest BCUT2D eigenvalue weighted by molar-refractivity contribution is 5.66. The first-order chi connectivity index (χ1) is 10.3. The molecule has 0 amide bonds. The third kappa shape index (κ3) is 2.09. The standard InChI is InChI=1S/C17H14O4/c1-18-13-5-2-11(3-6-13)14-7-4-12-8-16-17(20-10-19-16)9-15(12)21-14/h2-9,14H,10H2,1H3. The molecule has 2 aliphatic heterocycles. The average Bonchev–Trinajstić information content (AvgIpc) is 2.99. The van der Waals surface area contributed by atoms with Gasteiger partial charge in [0.15, 0.2) is 11.5 Å². The quantitative estimate of drug-likeness (QED) is 0.843. The topological polar surface area (TPSA) is 36.9 Å². The Bertz CT molecular complexity index is 703. The Morgan fingerprint density at radius 2 is 1.76 bits per heavy atom. The van der Waals surface area contributed by atoms with Crippen molar-refractivity contribution in [2.45, 2.75) is 6.10 Å². The molecule has 21 heavy (non-hydrogen) atoms. The molecule has 1 atom stereocenters. The van der Waals surface area contributed by atoms with Gasteiger partial charge in [-0.25, -0.2) is 0 Å². The van der Waals surface area contributed by atoms with E-state index in [1.54, 1.807) is 7.11 Å². The number of rotatable bonds is 2. The van der Waals surface area contributed by atoms with Crippen molar-refractivity contribution in [3.63, 3.8) is 0 Å². The van der Waals surface area contributed by atoms with Crippen LogP contribution in [0.2, 0.25) is 0 Å². The molecule has 1 unspecified atom stereocenters. The van der Waals surface area contributed by atoms with E-state index >= 15 is 0 Å². The zero-order valence-electron chi connectivity index (χ0n) is 11.5. The Labute approximate surface area is 122 Å². The Hall–Kier alpha value is -2.62. The van der Waals surface area contributed by atoms with E-state index in [9.17, 15) is 0 Å². The first kappa shape index (κ1) is 12.1. The predicted octanol–water partition coefficient (Wildman–Crippen LogP) is 3.57. The van der Waals surface area contributed by atoms with E-state index in [1.165, 1.54) is 0 Å². The van der Waals surface area contributed by atoms with Gasteiger partial charge in [0.05, 0.1) is 7.11 Å². The molecule has 0 fully saturated rings. The normalized spacial score (nSPS) is 18.0. The molecular formula is C17H14O4. The maximum Gasteiger partial charge on any atom is 0.231 e. The molecular weight excluding hydrogens is 268 g/mol. The lowest BCUT2D eigenvalue weighted by Crippen LogP contribution is -2.08. The van der Waals surface area contributed by atoms with Gasteiger partial charge in [-0.05, 0) is 29.8 Å². The van der Waals surface area contributed by atoms with Crippen LogP contribution in [0, 0.1) is 0 Å². The summed E-state index contributed by atoms with van der Waals surface area (Å²) in [7, 11) is 1.66. The lowest BCUT2D eigenvalue weighted by Gasteiger charge is -2.22. The Kier molecular flexibility index (Phi) is 2.74. The fraction of sp³-hybridized carbons (Fsp3) is 0.176. The fourth-order valence-electron chi connectivity index (χ4n) is 2.51. The summed E-state index contributed by atoms with van der Waals surface area (Å²) in [5, 5.41) is 0. The fourth-order valence-corrected chi connectivity index (χ4v) is 2.51. The second-order valence-electron chi connectivity index (χ2n) is 4.91. The average molecular weight is 282 g/mol. The SMILES string of the molecule is COc1ccc(C2C=Cc3cc4c(cc3O2)OCO4)cc1. The van der Waals surface area contributed by atoms with E-state index < -0.39 is 0 Å². The van der Waals surface area contributed by atoms with Crippen LogP contribution >= 0.6 is 0 Å². The lowest BCUT2D eigenvalue weighted by molar-refractivity contribution is 0.173. The molecule has 0 spiro atoms. The van der Waals surface area contributed by atoms with Gasteiger partial charge in [-0.2, -0.15) is 0 Å². The third-order valence-electron chi connectivity index (χ3n) is 3.65. The molecule has 2 aromatic rings. The van der Waals surface area contributed by atoms with Gasteiger partial charge >= 0.3 is 0 Å². The van der Waals surface area contributed by atoms with Crippen molar-refractivity contribution in [1.29, 1.82) is 0 Å². The van der Waals surface area contributed by atoms with Crippen molar-refractivity contribution in [2.75, 3.05) is 13.9 Å². The van der Waals surface area contributed by atoms with Crippen LogP contribution in [0.15, 0.2) is 42.5 Å². The van der Waals surface area contributed by atoms with Crippen molar-refractivity contribution < 1.29 is 18.9 Å². The minimum absolute atomic E-state index is 0.108. The first-order valence-corrected chi connectivity index (χ1v) is 6.76. The van der Waals surface area contributed by atoms with Gasteiger partial charge in [-0.15, -0.1) is 0 Å². The van der Waals surface area contributed by atoms with Crippen LogP contribution in [0.5, 0.6) is 23.0 Å². The maximum atomic E-state index is 6.05. The van der Waals surface area contributed by atoms with Crippen LogP contribution in [-0.4, -0.2) is 13.9 Å². The summed E-state index contributed by atoms with van der Waals surface area (Å²) >= 11 is 0. The third-order valence-corrected chi connectivity index (χ3v) is 3.65. The molecule has 0 saturated carbocycles. The predicted molar refractivity (Wildman–Crippen MR) is 78.0 cm³/mol. The van der Waals surface area contributed by atoms with Crippen molar-refractivity contribution >= 4 is 6.08 Å². The second-order valence-corrected chi connectivity index (χ2v) is 4.91. The number of hydrogen-bond donors (Lipinski definition) is 0. The van der Waals surface area contributed by atoms with E-state index in [1.807, 2.05) is 42.5 Å². The largest absolute Gasteiger partial charge is 0.497 e. The summed E-state index contributed by atoms with van der Waals surface area (Å²) in [6.07, 6.45) is 3.98. The van der Waals surface area contributed by atoms with Crippen LogP contribution in [0.1, 0.15) is 17.2 Å². The van der Waals surface area contributed by atoms with Gasteiger partial charge in [0.2, 0.25) is 6.79 Å². The number of hydrogen-bond acceptors (Lipinski definition) is 4. The summed E-state index contributed by atoms with van der Waals surface area (Å²) in [4.78, 5) is 0. The minimum Gasteiger partial charge on any atom is -0.497 e. The maximum absolute atomic E-state index is 6.05. The highest BCUT2D eigenvalue weighted by Gasteiger charge is 2.22. The molecule has 4 heteroatoms. The highest BCUT2D eigenvalue weighted by Crippen LogP contribution is 2.42. The number of ether oxygens (including phenoxy) is 4. The number of methoxy groups -OCH3 is 1. The minimum atomic E-state index is -0.108. The van der Waals surface area contributed by atoms with Gasteiger partial charge in [-0.1, -0.05) is 18.2 Å². The number of benzene rings is 2. The highest BCUT2D eigenvalue weighted by atomic mass is 16.7. The summed E-state index contributed by atoms with van der Waals surface area (Å²) in [5.74, 6) is 3.15. The lowest BCUT2D eigenvalue weighted by atomic mass is 10.0. The van der Waals surface area contributed by atoms with E-state index in [0.29, 0.717) is 0 Å². The second kappa shape index (κ2) is 4.74. The molecule has 106 valence electrons. The van der Waals surface area contributed by atoms with Crippen molar-refractivity contribution in [3.8, 4) is 23.0 Å². The monoisotopic (exact) mass is 282 g/mol. The van der Waals surface area contributed by atoms with Gasteiger partial charge in [0.25, 0.3) is 0 Å². The summed E-state index contributed by atoms with van der Waals surface area (Å²) in [6, 6.07) is 11.7. The van der Waals surface area contributed by atoms with Crippen LogP contribution in [0.4, 0.5) is 0 Å². The molecule has 0 N–H and O–H groups in total. The molecule has 0 radical (unpaired) electrons. The molecule has 0 bridgehead atoms. The zero-order valence-corrected chi connectivity index (χ0v) is 11.5. The van der Waals surface area contributed by atoms with E-state index in [4.69, 9.17) is 18.9 Å². The summed E-state index contributed by atoms with van der Waals surface area (Å²) < 4.78 is 22.0. The van der Waals surface area contributed by atoms with E-state index in [2.05, 4.69) is 6.08 Å². The van der Waals surface area contributed by atoms with Gasteiger partial charge in [-0.3, -0.25) is 0 Å². The van der Waals surface area contributed by atoms with Crippen LogP contribution in [0.3, 0.4) is 0 Å².